The summed E-state index contributed by atoms with van der Waals surface area (Å²) < 4.78 is 32.6. The standard InChI is InChI=1S/C12H22N2O4S/c1-3-18-12(15)10-5-4-8-14(9-10)19(16,17)13(2)11-6-7-11/h10-11H,3-9H2,1-2H3/t10-/m1/s1. The summed E-state index contributed by atoms with van der Waals surface area (Å²) in [5, 5.41) is 0. The van der Waals surface area contributed by atoms with Crippen molar-refractivity contribution in [1.29, 1.82) is 0 Å². The molecular weight excluding hydrogens is 268 g/mol. The fourth-order valence-electron chi connectivity index (χ4n) is 2.41. The van der Waals surface area contributed by atoms with Gasteiger partial charge in [-0.2, -0.15) is 17.0 Å². The van der Waals surface area contributed by atoms with Crippen molar-refractivity contribution in [2.75, 3.05) is 26.7 Å². The fraction of sp³-hybridized carbons (Fsp3) is 0.917. The van der Waals surface area contributed by atoms with Crippen LogP contribution in [0.2, 0.25) is 0 Å². The Morgan fingerprint density at radius 3 is 2.63 bits per heavy atom. The molecule has 19 heavy (non-hydrogen) atoms. The fourth-order valence-corrected chi connectivity index (χ4v) is 4.09. The number of carbonyl (C=O) groups excluding carboxylic acids is 1. The highest BCUT2D eigenvalue weighted by Gasteiger charge is 2.40. The van der Waals surface area contributed by atoms with Crippen LogP contribution in [0.5, 0.6) is 0 Å². The number of ether oxygens (including phenoxy) is 1. The van der Waals surface area contributed by atoms with Crippen LogP contribution in [0.1, 0.15) is 32.6 Å². The second kappa shape index (κ2) is 5.76. The summed E-state index contributed by atoms with van der Waals surface area (Å²) >= 11 is 0. The van der Waals surface area contributed by atoms with E-state index < -0.39 is 10.2 Å². The van der Waals surface area contributed by atoms with Gasteiger partial charge in [0.1, 0.15) is 0 Å². The summed E-state index contributed by atoms with van der Waals surface area (Å²) in [4.78, 5) is 11.7. The lowest BCUT2D eigenvalue weighted by Gasteiger charge is -2.33. The average molecular weight is 290 g/mol. The third-order valence-electron chi connectivity index (χ3n) is 3.76. The first-order valence-electron chi connectivity index (χ1n) is 6.86. The van der Waals surface area contributed by atoms with E-state index in [0.29, 0.717) is 26.0 Å². The van der Waals surface area contributed by atoms with Crippen molar-refractivity contribution < 1.29 is 17.9 Å². The Morgan fingerprint density at radius 2 is 2.05 bits per heavy atom. The van der Waals surface area contributed by atoms with Crippen LogP contribution >= 0.6 is 0 Å². The van der Waals surface area contributed by atoms with E-state index in [1.165, 1.54) is 8.61 Å². The zero-order valence-corrected chi connectivity index (χ0v) is 12.4. The predicted molar refractivity (Wildman–Crippen MR) is 70.6 cm³/mol. The van der Waals surface area contributed by atoms with E-state index in [0.717, 1.165) is 12.8 Å². The van der Waals surface area contributed by atoms with Crippen molar-refractivity contribution in [3.05, 3.63) is 0 Å². The molecule has 1 atom stereocenters. The van der Waals surface area contributed by atoms with Gasteiger partial charge in [0.2, 0.25) is 0 Å². The normalized spacial score (nSPS) is 25.5. The Bertz CT molecular complexity index is 433. The largest absolute Gasteiger partial charge is 0.466 e. The second-order valence-electron chi connectivity index (χ2n) is 5.20. The van der Waals surface area contributed by atoms with Gasteiger partial charge in [0, 0.05) is 26.2 Å². The molecule has 1 aliphatic carbocycles. The summed E-state index contributed by atoms with van der Waals surface area (Å²) in [6.07, 6.45) is 3.29. The topological polar surface area (TPSA) is 66.9 Å². The van der Waals surface area contributed by atoms with Gasteiger partial charge in [-0.25, -0.2) is 0 Å². The number of esters is 1. The molecular formula is C12H22N2O4S. The molecule has 0 aromatic carbocycles. The predicted octanol–water partition coefficient (Wildman–Crippen LogP) is 0.600. The molecule has 2 aliphatic rings. The number of piperidine rings is 1. The molecule has 1 heterocycles. The highest BCUT2D eigenvalue weighted by atomic mass is 32.2. The first-order chi connectivity index (χ1) is 8.96. The van der Waals surface area contributed by atoms with Gasteiger partial charge in [-0.1, -0.05) is 0 Å². The van der Waals surface area contributed by atoms with Gasteiger partial charge in [0.25, 0.3) is 10.2 Å². The lowest BCUT2D eigenvalue weighted by atomic mass is 10.0. The Labute approximate surface area is 114 Å². The lowest BCUT2D eigenvalue weighted by Crippen LogP contribution is -2.48. The van der Waals surface area contributed by atoms with Crippen molar-refractivity contribution >= 4 is 16.2 Å². The van der Waals surface area contributed by atoms with Gasteiger partial charge in [-0.15, -0.1) is 0 Å². The van der Waals surface area contributed by atoms with Crippen molar-refractivity contribution in [3.63, 3.8) is 0 Å². The molecule has 1 saturated heterocycles. The molecule has 1 saturated carbocycles. The molecule has 0 aromatic heterocycles. The molecule has 0 N–H and O–H groups in total. The molecule has 6 nitrogen and oxygen atoms in total. The van der Waals surface area contributed by atoms with Crippen molar-refractivity contribution in [3.8, 4) is 0 Å². The molecule has 0 spiro atoms. The summed E-state index contributed by atoms with van der Waals surface area (Å²) in [5.41, 5.74) is 0. The van der Waals surface area contributed by atoms with Crippen molar-refractivity contribution in [1.82, 2.24) is 8.61 Å². The molecule has 0 unspecified atom stereocenters. The quantitative estimate of drug-likeness (QED) is 0.695. The first-order valence-corrected chi connectivity index (χ1v) is 8.26. The number of rotatable bonds is 5. The minimum Gasteiger partial charge on any atom is -0.466 e. The third-order valence-corrected chi connectivity index (χ3v) is 5.77. The first kappa shape index (κ1) is 14.7. The summed E-state index contributed by atoms with van der Waals surface area (Å²) in [5.74, 6) is -0.604. The highest BCUT2D eigenvalue weighted by molar-refractivity contribution is 7.86. The Balaban J connectivity index is 2.02. The van der Waals surface area contributed by atoms with Crippen LogP contribution in [0, 0.1) is 5.92 Å². The zero-order valence-electron chi connectivity index (χ0n) is 11.5. The number of hydrogen-bond donors (Lipinski definition) is 0. The van der Waals surface area contributed by atoms with Crippen LogP contribution in [0.3, 0.4) is 0 Å². The van der Waals surface area contributed by atoms with Gasteiger partial charge < -0.3 is 4.74 Å². The maximum absolute atomic E-state index is 12.4. The van der Waals surface area contributed by atoms with Crippen LogP contribution in [0.15, 0.2) is 0 Å². The van der Waals surface area contributed by atoms with Gasteiger partial charge in [0.15, 0.2) is 0 Å². The molecule has 2 rings (SSSR count). The third kappa shape index (κ3) is 3.27. The number of carbonyl (C=O) groups is 1. The van der Waals surface area contributed by atoms with Crippen LogP contribution < -0.4 is 0 Å². The second-order valence-corrected chi connectivity index (χ2v) is 7.19. The minimum atomic E-state index is -3.42. The van der Waals surface area contributed by atoms with Crippen LogP contribution in [-0.4, -0.2) is 55.8 Å². The van der Waals surface area contributed by atoms with E-state index in [1.807, 2.05) is 0 Å². The Hall–Kier alpha value is -0.660. The highest BCUT2D eigenvalue weighted by Crippen LogP contribution is 2.30. The molecule has 0 amide bonds. The molecule has 0 radical (unpaired) electrons. The van der Waals surface area contributed by atoms with E-state index >= 15 is 0 Å². The van der Waals surface area contributed by atoms with E-state index in [4.69, 9.17) is 4.74 Å². The van der Waals surface area contributed by atoms with E-state index in [-0.39, 0.29) is 24.5 Å². The van der Waals surface area contributed by atoms with Gasteiger partial charge >= 0.3 is 5.97 Å². The molecule has 0 aromatic rings. The molecule has 2 fully saturated rings. The van der Waals surface area contributed by atoms with Gasteiger partial charge in [0.05, 0.1) is 12.5 Å². The van der Waals surface area contributed by atoms with Gasteiger partial charge in [-0.3, -0.25) is 4.79 Å². The van der Waals surface area contributed by atoms with Crippen molar-refractivity contribution in [2.45, 2.75) is 38.6 Å². The van der Waals surface area contributed by atoms with Crippen LogP contribution in [0.25, 0.3) is 0 Å². The lowest BCUT2D eigenvalue weighted by molar-refractivity contribution is -0.149. The molecule has 110 valence electrons. The Morgan fingerprint density at radius 1 is 1.37 bits per heavy atom. The zero-order chi connectivity index (χ0) is 14.0. The summed E-state index contributed by atoms with van der Waals surface area (Å²) in [7, 11) is -1.80. The number of nitrogens with zero attached hydrogens (tertiary/aromatic N) is 2. The van der Waals surface area contributed by atoms with Crippen LogP contribution in [-0.2, 0) is 19.7 Å². The van der Waals surface area contributed by atoms with Gasteiger partial charge in [-0.05, 0) is 32.6 Å². The maximum Gasteiger partial charge on any atom is 0.310 e. The smallest absolute Gasteiger partial charge is 0.310 e. The minimum absolute atomic E-state index is 0.146. The molecule has 7 heteroatoms. The molecule has 0 bridgehead atoms. The van der Waals surface area contributed by atoms with E-state index in [9.17, 15) is 13.2 Å². The average Bonchev–Trinajstić information content (AvgIpc) is 3.22. The molecule has 1 aliphatic heterocycles. The summed E-state index contributed by atoms with van der Waals surface area (Å²) in [6.45, 7) is 2.84. The maximum atomic E-state index is 12.4. The van der Waals surface area contributed by atoms with Crippen LogP contribution in [0.4, 0.5) is 0 Å². The monoisotopic (exact) mass is 290 g/mol. The van der Waals surface area contributed by atoms with E-state index in [2.05, 4.69) is 0 Å². The SMILES string of the molecule is CCOC(=O)[C@@H]1CCCN(S(=O)(=O)N(C)C2CC2)C1. The number of hydrogen-bond acceptors (Lipinski definition) is 4. The van der Waals surface area contributed by atoms with Crippen molar-refractivity contribution in [2.24, 2.45) is 5.92 Å². The van der Waals surface area contributed by atoms with E-state index in [1.54, 1.807) is 14.0 Å². The Kier molecular flexibility index (Phi) is 4.47. The summed E-state index contributed by atoms with van der Waals surface area (Å²) in [6, 6.07) is 0.146.